The van der Waals surface area contributed by atoms with E-state index in [4.69, 9.17) is 4.74 Å². The first-order valence-electron chi connectivity index (χ1n) is 7.79. The summed E-state index contributed by atoms with van der Waals surface area (Å²) in [5.41, 5.74) is 0. The third-order valence-corrected chi connectivity index (χ3v) is 4.67. The Bertz CT molecular complexity index is 221. The topological polar surface area (TPSA) is 24.5 Å². The lowest BCUT2D eigenvalue weighted by molar-refractivity contribution is 0.176. The number of hydrogen-bond acceptors (Lipinski definition) is 3. The molecule has 2 unspecified atom stereocenters. The van der Waals surface area contributed by atoms with Gasteiger partial charge in [-0.1, -0.05) is 6.92 Å². The van der Waals surface area contributed by atoms with Gasteiger partial charge in [-0.2, -0.15) is 0 Å². The van der Waals surface area contributed by atoms with Crippen LogP contribution in [-0.4, -0.2) is 50.3 Å². The number of hydrogen-bond donors (Lipinski definition) is 1. The summed E-state index contributed by atoms with van der Waals surface area (Å²) in [4.78, 5) is 2.63. The first kappa shape index (κ1) is 14.3. The van der Waals surface area contributed by atoms with Crippen molar-refractivity contribution in [3.05, 3.63) is 0 Å². The molecule has 106 valence electrons. The molecule has 2 rings (SSSR count). The van der Waals surface area contributed by atoms with Crippen LogP contribution in [0, 0.1) is 11.8 Å². The molecule has 0 bridgehead atoms. The molecule has 0 aliphatic carbocycles. The minimum absolute atomic E-state index is 0.619. The Hall–Kier alpha value is -0.120. The van der Waals surface area contributed by atoms with Gasteiger partial charge in [-0.3, -0.25) is 0 Å². The Kier molecular flexibility index (Phi) is 5.93. The first-order valence-corrected chi connectivity index (χ1v) is 7.79. The molecule has 0 radical (unpaired) electrons. The summed E-state index contributed by atoms with van der Waals surface area (Å²) in [6, 6.07) is 0.619. The maximum Gasteiger partial charge on any atom is 0.0509 e. The lowest BCUT2D eigenvalue weighted by atomic mass is 9.99. The second-order valence-corrected chi connectivity index (χ2v) is 6.24. The van der Waals surface area contributed by atoms with Gasteiger partial charge >= 0.3 is 0 Å². The van der Waals surface area contributed by atoms with Crippen LogP contribution in [0.2, 0.25) is 0 Å². The van der Waals surface area contributed by atoms with Crippen LogP contribution in [0.3, 0.4) is 0 Å². The van der Waals surface area contributed by atoms with Crippen molar-refractivity contribution in [2.24, 2.45) is 11.8 Å². The van der Waals surface area contributed by atoms with Gasteiger partial charge in [0, 0.05) is 12.6 Å². The van der Waals surface area contributed by atoms with Crippen LogP contribution in [0.4, 0.5) is 0 Å². The molecule has 3 heteroatoms. The molecule has 2 saturated heterocycles. The highest BCUT2D eigenvalue weighted by Gasteiger charge is 2.21. The van der Waals surface area contributed by atoms with Crippen molar-refractivity contribution in [2.45, 2.75) is 45.6 Å². The Morgan fingerprint density at radius 2 is 2.06 bits per heavy atom. The molecule has 0 aromatic heterocycles. The first-order chi connectivity index (χ1) is 8.75. The predicted octanol–water partition coefficient (Wildman–Crippen LogP) is 2.12. The standard InChI is InChI=1S/C15H30N2O/c1-13-4-9-17(10-5-13)8-3-7-16-14(2)15-6-11-18-12-15/h13-16H,3-12H2,1-2H3. The minimum Gasteiger partial charge on any atom is -0.381 e. The van der Waals surface area contributed by atoms with Crippen LogP contribution in [0.1, 0.15) is 39.5 Å². The number of nitrogens with zero attached hydrogens (tertiary/aromatic N) is 1. The normalized spacial score (nSPS) is 28.7. The summed E-state index contributed by atoms with van der Waals surface area (Å²) in [6.07, 6.45) is 5.30. The lowest BCUT2D eigenvalue weighted by Gasteiger charge is -2.30. The summed E-state index contributed by atoms with van der Waals surface area (Å²) < 4.78 is 5.44. The zero-order valence-electron chi connectivity index (χ0n) is 12.2. The van der Waals surface area contributed by atoms with Crippen molar-refractivity contribution >= 4 is 0 Å². The van der Waals surface area contributed by atoms with E-state index in [1.165, 1.54) is 45.3 Å². The third kappa shape index (κ3) is 4.52. The van der Waals surface area contributed by atoms with Crippen LogP contribution >= 0.6 is 0 Å². The van der Waals surface area contributed by atoms with Crippen LogP contribution in [0.5, 0.6) is 0 Å². The van der Waals surface area contributed by atoms with Gasteiger partial charge in [-0.05, 0) is 70.6 Å². The maximum atomic E-state index is 5.44. The van der Waals surface area contributed by atoms with Gasteiger partial charge in [0.2, 0.25) is 0 Å². The molecule has 0 spiro atoms. The zero-order chi connectivity index (χ0) is 12.8. The van der Waals surface area contributed by atoms with Gasteiger partial charge in [0.25, 0.3) is 0 Å². The van der Waals surface area contributed by atoms with E-state index in [0.717, 1.165) is 31.6 Å². The molecule has 3 nitrogen and oxygen atoms in total. The molecule has 0 saturated carbocycles. The van der Waals surface area contributed by atoms with Gasteiger partial charge in [-0.25, -0.2) is 0 Å². The summed E-state index contributed by atoms with van der Waals surface area (Å²) in [6.45, 7) is 11.7. The Labute approximate surface area is 112 Å². The molecule has 2 atom stereocenters. The summed E-state index contributed by atoms with van der Waals surface area (Å²) >= 11 is 0. The highest BCUT2D eigenvalue weighted by atomic mass is 16.5. The van der Waals surface area contributed by atoms with E-state index in [9.17, 15) is 0 Å². The van der Waals surface area contributed by atoms with Crippen molar-refractivity contribution in [2.75, 3.05) is 39.4 Å². The smallest absolute Gasteiger partial charge is 0.0509 e. The van der Waals surface area contributed by atoms with Gasteiger partial charge in [-0.15, -0.1) is 0 Å². The number of likely N-dealkylation sites (tertiary alicyclic amines) is 1. The van der Waals surface area contributed by atoms with Crippen molar-refractivity contribution in [3.8, 4) is 0 Å². The van der Waals surface area contributed by atoms with Crippen LogP contribution in [0.15, 0.2) is 0 Å². The Balaban J connectivity index is 1.50. The fourth-order valence-corrected chi connectivity index (χ4v) is 3.03. The van der Waals surface area contributed by atoms with E-state index in [1.807, 2.05) is 0 Å². The van der Waals surface area contributed by atoms with E-state index in [2.05, 4.69) is 24.1 Å². The average Bonchev–Trinajstić information content (AvgIpc) is 2.90. The van der Waals surface area contributed by atoms with E-state index in [1.54, 1.807) is 0 Å². The largest absolute Gasteiger partial charge is 0.381 e. The van der Waals surface area contributed by atoms with E-state index in [-0.39, 0.29) is 0 Å². The quantitative estimate of drug-likeness (QED) is 0.735. The zero-order valence-corrected chi connectivity index (χ0v) is 12.2. The number of nitrogens with one attached hydrogen (secondary N) is 1. The van der Waals surface area contributed by atoms with Gasteiger partial charge < -0.3 is 15.0 Å². The van der Waals surface area contributed by atoms with Gasteiger partial charge in [0.1, 0.15) is 0 Å². The van der Waals surface area contributed by atoms with Crippen molar-refractivity contribution in [1.29, 1.82) is 0 Å². The summed E-state index contributed by atoms with van der Waals surface area (Å²) in [7, 11) is 0. The number of piperidine rings is 1. The number of rotatable bonds is 6. The van der Waals surface area contributed by atoms with Crippen molar-refractivity contribution in [1.82, 2.24) is 10.2 Å². The van der Waals surface area contributed by atoms with Gasteiger partial charge in [0.05, 0.1) is 6.61 Å². The molecular formula is C15H30N2O. The lowest BCUT2D eigenvalue weighted by Crippen LogP contribution is -2.38. The fourth-order valence-electron chi connectivity index (χ4n) is 3.03. The van der Waals surface area contributed by atoms with Crippen molar-refractivity contribution in [3.63, 3.8) is 0 Å². The third-order valence-electron chi connectivity index (χ3n) is 4.67. The average molecular weight is 254 g/mol. The molecule has 2 fully saturated rings. The monoisotopic (exact) mass is 254 g/mol. The summed E-state index contributed by atoms with van der Waals surface area (Å²) in [5, 5.41) is 3.67. The molecule has 2 heterocycles. The molecule has 0 amide bonds. The second-order valence-electron chi connectivity index (χ2n) is 6.24. The Morgan fingerprint density at radius 3 is 2.72 bits per heavy atom. The summed E-state index contributed by atoms with van der Waals surface area (Å²) in [5.74, 6) is 1.68. The highest BCUT2D eigenvalue weighted by molar-refractivity contribution is 4.76. The molecule has 0 aromatic rings. The molecule has 0 aromatic carbocycles. The fraction of sp³-hybridized carbons (Fsp3) is 1.00. The highest BCUT2D eigenvalue weighted by Crippen LogP contribution is 2.17. The van der Waals surface area contributed by atoms with Gasteiger partial charge in [0.15, 0.2) is 0 Å². The Morgan fingerprint density at radius 1 is 1.28 bits per heavy atom. The van der Waals surface area contributed by atoms with Crippen molar-refractivity contribution < 1.29 is 4.74 Å². The molecule has 2 aliphatic rings. The molecule has 1 N–H and O–H groups in total. The van der Waals surface area contributed by atoms with Crippen LogP contribution < -0.4 is 5.32 Å². The predicted molar refractivity (Wildman–Crippen MR) is 75.8 cm³/mol. The maximum absolute atomic E-state index is 5.44. The second kappa shape index (κ2) is 7.46. The van der Waals surface area contributed by atoms with Crippen LogP contribution in [-0.2, 0) is 4.74 Å². The van der Waals surface area contributed by atoms with E-state index in [0.29, 0.717) is 6.04 Å². The van der Waals surface area contributed by atoms with E-state index >= 15 is 0 Å². The number of ether oxygens (including phenoxy) is 1. The molecule has 18 heavy (non-hydrogen) atoms. The van der Waals surface area contributed by atoms with E-state index < -0.39 is 0 Å². The SMILES string of the molecule is CC1CCN(CCCNC(C)C2CCOC2)CC1. The van der Waals surface area contributed by atoms with Crippen LogP contribution in [0.25, 0.3) is 0 Å². The minimum atomic E-state index is 0.619. The molecular weight excluding hydrogens is 224 g/mol. The molecule has 2 aliphatic heterocycles.